The van der Waals surface area contributed by atoms with E-state index in [1.807, 2.05) is 13.0 Å². The monoisotopic (exact) mass is 250 g/mol. The van der Waals surface area contributed by atoms with Crippen LogP contribution in [0.4, 0.5) is 11.6 Å². The third kappa shape index (κ3) is 3.10. The number of hydrogen-bond acceptors (Lipinski definition) is 5. The molecule has 0 radical (unpaired) electrons. The van der Waals surface area contributed by atoms with Crippen LogP contribution in [0.15, 0.2) is 6.07 Å². The molecule has 2 heterocycles. The van der Waals surface area contributed by atoms with E-state index in [0.29, 0.717) is 6.10 Å². The van der Waals surface area contributed by atoms with Gasteiger partial charge in [0.2, 0.25) is 0 Å². The SMILES string of the molecule is CCCNc1cc(N2CCC(OC)C2)nc(C)n1. The van der Waals surface area contributed by atoms with Crippen LogP contribution in [-0.4, -0.2) is 42.8 Å². The summed E-state index contributed by atoms with van der Waals surface area (Å²) < 4.78 is 5.39. The Morgan fingerprint density at radius 1 is 1.50 bits per heavy atom. The molecule has 0 aliphatic carbocycles. The van der Waals surface area contributed by atoms with E-state index in [-0.39, 0.29) is 0 Å². The van der Waals surface area contributed by atoms with Crippen LogP contribution in [0.2, 0.25) is 0 Å². The van der Waals surface area contributed by atoms with Crippen molar-refractivity contribution < 1.29 is 4.74 Å². The Morgan fingerprint density at radius 2 is 2.33 bits per heavy atom. The maximum Gasteiger partial charge on any atom is 0.134 e. The molecule has 1 aliphatic rings. The number of nitrogens with zero attached hydrogens (tertiary/aromatic N) is 3. The number of ether oxygens (including phenoxy) is 1. The van der Waals surface area contributed by atoms with Crippen LogP contribution in [-0.2, 0) is 4.74 Å². The normalized spacial score (nSPS) is 19.3. The van der Waals surface area contributed by atoms with E-state index in [1.54, 1.807) is 7.11 Å². The second-order valence-corrected chi connectivity index (χ2v) is 4.68. The van der Waals surface area contributed by atoms with Gasteiger partial charge < -0.3 is 15.0 Å². The van der Waals surface area contributed by atoms with E-state index in [9.17, 15) is 0 Å². The summed E-state index contributed by atoms with van der Waals surface area (Å²) in [6.07, 6.45) is 2.48. The first-order chi connectivity index (χ1) is 8.72. The fourth-order valence-electron chi connectivity index (χ4n) is 2.19. The summed E-state index contributed by atoms with van der Waals surface area (Å²) in [5.74, 6) is 2.73. The van der Waals surface area contributed by atoms with E-state index >= 15 is 0 Å². The molecule has 1 unspecified atom stereocenters. The van der Waals surface area contributed by atoms with Gasteiger partial charge in [-0.1, -0.05) is 6.92 Å². The van der Waals surface area contributed by atoms with Gasteiger partial charge in [-0.25, -0.2) is 9.97 Å². The Balaban J connectivity index is 2.10. The van der Waals surface area contributed by atoms with Crippen LogP contribution in [0.5, 0.6) is 0 Å². The number of hydrogen-bond donors (Lipinski definition) is 1. The van der Waals surface area contributed by atoms with E-state index in [2.05, 4.69) is 27.1 Å². The molecule has 0 aromatic carbocycles. The molecule has 1 aromatic heterocycles. The molecular formula is C13H22N4O. The van der Waals surface area contributed by atoms with Gasteiger partial charge >= 0.3 is 0 Å². The van der Waals surface area contributed by atoms with Crippen molar-refractivity contribution in [1.29, 1.82) is 0 Å². The van der Waals surface area contributed by atoms with Gasteiger partial charge in [-0.15, -0.1) is 0 Å². The molecule has 1 saturated heterocycles. The summed E-state index contributed by atoms with van der Waals surface area (Å²) in [5.41, 5.74) is 0. The molecule has 5 nitrogen and oxygen atoms in total. The number of nitrogens with one attached hydrogen (secondary N) is 1. The predicted molar refractivity (Wildman–Crippen MR) is 73.2 cm³/mol. The Hall–Kier alpha value is -1.36. The molecule has 1 N–H and O–H groups in total. The van der Waals surface area contributed by atoms with Crippen LogP contribution in [0.25, 0.3) is 0 Å². The van der Waals surface area contributed by atoms with Crippen molar-refractivity contribution in [3.05, 3.63) is 11.9 Å². The lowest BCUT2D eigenvalue weighted by Crippen LogP contribution is -2.23. The highest BCUT2D eigenvalue weighted by molar-refractivity contribution is 5.50. The Morgan fingerprint density at radius 3 is 3.00 bits per heavy atom. The van der Waals surface area contributed by atoms with Gasteiger partial charge in [0.1, 0.15) is 17.5 Å². The van der Waals surface area contributed by atoms with E-state index in [1.165, 1.54) is 0 Å². The van der Waals surface area contributed by atoms with E-state index in [0.717, 1.165) is 49.9 Å². The zero-order valence-electron chi connectivity index (χ0n) is 11.4. The second-order valence-electron chi connectivity index (χ2n) is 4.68. The highest BCUT2D eigenvalue weighted by Gasteiger charge is 2.23. The average Bonchev–Trinajstić information content (AvgIpc) is 2.84. The molecule has 0 bridgehead atoms. The van der Waals surface area contributed by atoms with Crippen LogP contribution >= 0.6 is 0 Å². The summed E-state index contributed by atoms with van der Waals surface area (Å²) in [7, 11) is 1.77. The molecule has 1 aliphatic heterocycles. The van der Waals surface area contributed by atoms with Crippen molar-refractivity contribution in [2.24, 2.45) is 0 Å². The fraction of sp³-hybridized carbons (Fsp3) is 0.692. The fourth-order valence-corrected chi connectivity index (χ4v) is 2.19. The molecule has 2 rings (SSSR count). The van der Waals surface area contributed by atoms with Crippen molar-refractivity contribution in [3.63, 3.8) is 0 Å². The Bertz CT molecular complexity index is 397. The van der Waals surface area contributed by atoms with Gasteiger partial charge in [-0.3, -0.25) is 0 Å². The molecule has 1 fully saturated rings. The van der Waals surface area contributed by atoms with Gasteiger partial charge in [0.25, 0.3) is 0 Å². The van der Waals surface area contributed by atoms with Gasteiger partial charge in [-0.2, -0.15) is 0 Å². The zero-order valence-corrected chi connectivity index (χ0v) is 11.4. The first-order valence-corrected chi connectivity index (χ1v) is 6.60. The van der Waals surface area contributed by atoms with Crippen LogP contribution < -0.4 is 10.2 Å². The minimum Gasteiger partial charge on any atom is -0.380 e. The molecule has 5 heteroatoms. The third-order valence-electron chi connectivity index (χ3n) is 3.18. The quantitative estimate of drug-likeness (QED) is 0.864. The van der Waals surface area contributed by atoms with Crippen molar-refractivity contribution in [1.82, 2.24) is 9.97 Å². The first kappa shape index (κ1) is 13.1. The lowest BCUT2D eigenvalue weighted by atomic mass is 10.3. The highest BCUT2D eigenvalue weighted by atomic mass is 16.5. The maximum atomic E-state index is 5.39. The summed E-state index contributed by atoms with van der Waals surface area (Å²) in [5, 5.41) is 3.32. The van der Waals surface area contributed by atoms with Gasteiger partial charge in [-0.05, 0) is 19.8 Å². The number of aromatic nitrogens is 2. The number of rotatable bonds is 5. The maximum absolute atomic E-state index is 5.39. The number of anilines is 2. The van der Waals surface area contributed by atoms with Crippen molar-refractivity contribution >= 4 is 11.6 Å². The summed E-state index contributed by atoms with van der Waals surface area (Å²) >= 11 is 0. The van der Waals surface area contributed by atoms with Crippen molar-refractivity contribution in [3.8, 4) is 0 Å². The van der Waals surface area contributed by atoms with Gasteiger partial charge in [0, 0.05) is 32.8 Å². The lowest BCUT2D eigenvalue weighted by molar-refractivity contribution is 0.121. The first-order valence-electron chi connectivity index (χ1n) is 6.60. The molecule has 100 valence electrons. The summed E-state index contributed by atoms with van der Waals surface area (Å²) in [6.45, 7) is 6.94. The minimum absolute atomic E-state index is 0.326. The molecular weight excluding hydrogens is 228 g/mol. The smallest absolute Gasteiger partial charge is 0.134 e. The molecule has 1 atom stereocenters. The van der Waals surface area contributed by atoms with Gasteiger partial charge in [0.05, 0.1) is 6.10 Å². The Kier molecular flexibility index (Phi) is 4.36. The topological polar surface area (TPSA) is 50.3 Å². The molecule has 18 heavy (non-hydrogen) atoms. The van der Waals surface area contributed by atoms with Crippen molar-refractivity contribution in [2.45, 2.75) is 32.8 Å². The molecule has 0 amide bonds. The number of methoxy groups -OCH3 is 1. The molecule has 0 spiro atoms. The summed E-state index contributed by atoms with van der Waals surface area (Å²) in [6, 6.07) is 2.03. The third-order valence-corrected chi connectivity index (χ3v) is 3.18. The summed E-state index contributed by atoms with van der Waals surface area (Å²) in [4.78, 5) is 11.2. The zero-order chi connectivity index (χ0) is 13.0. The van der Waals surface area contributed by atoms with E-state index in [4.69, 9.17) is 4.74 Å². The minimum atomic E-state index is 0.326. The predicted octanol–water partition coefficient (Wildman–Crippen LogP) is 1.83. The van der Waals surface area contributed by atoms with E-state index < -0.39 is 0 Å². The number of aryl methyl sites for hydroxylation is 1. The lowest BCUT2D eigenvalue weighted by Gasteiger charge is -2.18. The largest absolute Gasteiger partial charge is 0.380 e. The van der Waals surface area contributed by atoms with Crippen LogP contribution in [0.3, 0.4) is 0 Å². The molecule has 0 saturated carbocycles. The second kappa shape index (κ2) is 6.00. The average molecular weight is 250 g/mol. The molecule has 1 aromatic rings. The van der Waals surface area contributed by atoms with Crippen LogP contribution in [0, 0.1) is 6.92 Å². The van der Waals surface area contributed by atoms with Crippen LogP contribution in [0.1, 0.15) is 25.6 Å². The highest BCUT2D eigenvalue weighted by Crippen LogP contribution is 2.21. The van der Waals surface area contributed by atoms with Gasteiger partial charge in [0.15, 0.2) is 0 Å². The standard InChI is InChI=1S/C13H22N4O/c1-4-6-14-12-8-13(16-10(2)15-12)17-7-5-11(9-17)18-3/h8,11H,4-7,9H2,1-3H3,(H,14,15,16). The van der Waals surface area contributed by atoms with Crippen molar-refractivity contribution in [2.75, 3.05) is 37.0 Å². The Labute approximate surface area is 109 Å².